The van der Waals surface area contributed by atoms with E-state index in [0.717, 1.165) is 36.8 Å². The number of benzene rings is 2. The van der Waals surface area contributed by atoms with E-state index in [4.69, 9.17) is 15.2 Å². The number of nitrogens with one attached hydrogen (secondary N) is 1. The number of hydrogen-bond donors (Lipinski definition) is 2. The van der Waals surface area contributed by atoms with E-state index in [2.05, 4.69) is 5.32 Å². The largest absolute Gasteiger partial charge is 0.493 e. The number of amides is 2. The Morgan fingerprint density at radius 3 is 2.47 bits per heavy atom. The summed E-state index contributed by atoms with van der Waals surface area (Å²) in [6.45, 7) is 0.259. The predicted molar refractivity (Wildman–Crippen MR) is 121 cm³/mol. The molecule has 0 radical (unpaired) electrons. The first-order chi connectivity index (χ1) is 15.4. The maximum absolute atomic E-state index is 13.4. The highest BCUT2D eigenvalue weighted by molar-refractivity contribution is 5.91. The standard InChI is InChI=1S/C25H29FN2O4/c1-31-22-15-18(5-11-21(22)32-16-23(27)29)6-12-24(30)28-17-25(13-3-2-4-14-25)19-7-9-20(26)10-8-19/h5-12,15H,2-4,13-14,16-17H2,1H3,(H2,27,29)(H,28,30)/b12-6+. The molecule has 7 heteroatoms. The van der Waals surface area contributed by atoms with Crippen molar-refractivity contribution in [3.8, 4) is 11.5 Å². The zero-order valence-corrected chi connectivity index (χ0v) is 18.2. The van der Waals surface area contributed by atoms with Crippen LogP contribution >= 0.6 is 0 Å². The fraction of sp³-hybridized carbons (Fsp3) is 0.360. The third-order valence-electron chi connectivity index (χ3n) is 5.85. The van der Waals surface area contributed by atoms with Gasteiger partial charge in [0.05, 0.1) is 7.11 Å². The number of nitrogens with two attached hydrogens (primary N) is 1. The Bertz CT molecular complexity index is 966. The maximum Gasteiger partial charge on any atom is 0.255 e. The molecule has 0 bridgehead atoms. The Balaban J connectivity index is 1.65. The van der Waals surface area contributed by atoms with Gasteiger partial charge in [0, 0.05) is 18.0 Å². The van der Waals surface area contributed by atoms with Crippen LogP contribution in [-0.2, 0) is 15.0 Å². The second-order valence-electron chi connectivity index (χ2n) is 8.06. The van der Waals surface area contributed by atoms with E-state index in [1.54, 1.807) is 24.3 Å². The van der Waals surface area contributed by atoms with E-state index in [1.807, 2.05) is 12.1 Å². The van der Waals surface area contributed by atoms with E-state index in [1.165, 1.54) is 31.7 Å². The molecule has 0 aromatic heterocycles. The minimum atomic E-state index is -0.580. The van der Waals surface area contributed by atoms with Crippen LogP contribution in [0.25, 0.3) is 6.08 Å². The molecule has 1 saturated carbocycles. The molecule has 0 spiro atoms. The predicted octanol–water partition coefficient (Wildman–Crippen LogP) is 3.73. The minimum absolute atomic E-state index is 0.169. The lowest BCUT2D eigenvalue weighted by Crippen LogP contribution is -2.41. The highest BCUT2D eigenvalue weighted by Crippen LogP contribution is 2.39. The van der Waals surface area contributed by atoms with Gasteiger partial charge in [0.2, 0.25) is 5.91 Å². The molecule has 2 amide bonds. The van der Waals surface area contributed by atoms with Crippen LogP contribution in [0, 0.1) is 5.82 Å². The Hall–Kier alpha value is -3.35. The second kappa shape index (κ2) is 10.8. The molecular weight excluding hydrogens is 411 g/mol. The van der Waals surface area contributed by atoms with Gasteiger partial charge in [-0.2, -0.15) is 0 Å². The van der Waals surface area contributed by atoms with Crippen LogP contribution in [0.1, 0.15) is 43.2 Å². The average Bonchev–Trinajstić information content (AvgIpc) is 2.81. The van der Waals surface area contributed by atoms with Crippen LogP contribution in [0.4, 0.5) is 4.39 Å². The smallest absolute Gasteiger partial charge is 0.255 e. The van der Waals surface area contributed by atoms with Gasteiger partial charge in [0.15, 0.2) is 18.1 Å². The van der Waals surface area contributed by atoms with Crippen molar-refractivity contribution in [2.45, 2.75) is 37.5 Å². The zero-order chi connectivity index (χ0) is 23.0. The Morgan fingerprint density at radius 1 is 1.09 bits per heavy atom. The zero-order valence-electron chi connectivity index (χ0n) is 18.2. The summed E-state index contributed by atoms with van der Waals surface area (Å²) in [4.78, 5) is 23.4. The lowest BCUT2D eigenvalue weighted by atomic mass is 9.69. The number of halogens is 1. The summed E-state index contributed by atoms with van der Waals surface area (Å²) >= 11 is 0. The van der Waals surface area contributed by atoms with Crippen LogP contribution in [0.3, 0.4) is 0 Å². The van der Waals surface area contributed by atoms with Gasteiger partial charge in [-0.05, 0) is 54.3 Å². The summed E-state index contributed by atoms with van der Waals surface area (Å²) in [5.41, 5.74) is 6.75. The lowest BCUT2D eigenvalue weighted by molar-refractivity contribution is -0.120. The maximum atomic E-state index is 13.4. The molecule has 2 aromatic carbocycles. The van der Waals surface area contributed by atoms with Gasteiger partial charge in [-0.15, -0.1) is 0 Å². The van der Waals surface area contributed by atoms with Crippen LogP contribution in [0.2, 0.25) is 0 Å². The summed E-state index contributed by atoms with van der Waals surface area (Å²) in [6.07, 6.45) is 8.44. The SMILES string of the molecule is COc1cc(/C=C/C(=O)NCC2(c3ccc(F)cc3)CCCCC2)ccc1OCC(N)=O. The fourth-order valence-corrected chi connectivity index (χ4v) is 4.14. The van der Waals surface area contributed by atoms with E-state index in [0.29, 0.717) is 18.0 Å². The van der Waals surface area contributed by atoms with E-state index in [9.17, 15) is 14.0 Å². The number of methoxy groups -OCH3 is 1. The molecule has 0 unspecified atom stereocenters. The quantitative estimate of drug-likeness (QED) is 0.582. The van der Waals surface area contributed by atoms with Crippen LogP contribution in [0.5, 0.6) is 11.5 Å². The van der Waals surface area contributed by atoms with Crippen molar-refractivity contribution in [2.24, 2.45) is 5.73 Å². The van der Waals surface area contributed by atoms with Crippen molar-refractivity contribution in [3.05, 3.63) is 65.5 Å². The van der Waals surface area contributed by atoms with Crippen molar-refractivity contribution in [2.75, 3.05) is 20.3 Å². The third kappa shape index (κ3) is 6.09. The molecule has 170 valence electrons. The Labute approximate surface area is 187 Å². The molecule has 2 aromatic rings. The Kier molecular flexibility index (Phi) is 7.87. The molecule has 0 saturated heterocycles. The molecule has 32 heavy (non-hydrogen) atoms. The molecule has 1 aliphatic carbocycles. The second-order valence-corrected chi connectivity index (χ2v) is 8.06. The molecule has 0 heterocycles. The molecule has 3 rings (SSSR count). The third-order valence-corrected chi connectivity index (χ3v) is 5.85. The van der Waals surface area contributed by atoms with Crippen molar-refractivity contribution in [1.82, 2.24) is 5.32 Å². The number of carbonyl (C=O) groups excluding carboxylic acids is 2. The average molecular weight is 441 g/mol. The number of carbonyl (C=O) groups is 2. The lowest BCUT2D eigenvalue weighted by Gasteiger charge is -2.38. The number of hydrogen-bond acceptors (Lipinski definition) is 4. The number of rotatable bonds is 9. The van der Waals surface area contributed by atoms with Crippen LogP contribution in [-0.4, -0.2) is 32.1 Å². The van der Waals surface area contributed by atoms with Crippen molar-refractivity contribution in [1.29, 1.82) is 0 Å². The van der Waals surface area contributed by atoms with Gasteiger partial charge < -0.3 is 20.5 Å². The van der Waals surface area contributed by atoms with Crippen LogP contribution < -0.4 is 20.5 Å². The topological polar surface area (TPSA) is 90.7 Å². The monoisotopic (exact) mass is 440 g/mol. The van der Waals surface area contributed by atoms with Gasteiger partial charge >= 0.3 is 0 Å². The molecule has 6 nitrogen and oxygen atoms in total. The van der Waals surface area contributed by atoms with Gasteiger partial charge in [0.1, 0.15) is 5.82 Å². The van der Waals surface area contributed by atoms with E-state index >= 15 is 0 Å². The van der Waals surface area contributed by atoms with Gasteiger partial charge in [0.25, 0.3) is 5.91 Å². The first kappa shape index (κ1) is 23.3. The van der Waals surface area contributed by atoms with Gasteiger partial charge in [-0.3, -0.25) is 9.59 Å². The summed E-state index contributed by atoms with van der Waals surface area (Å²) in [7, 11) is 1.49. The van der Waals surface area contributed by atoms with Gasteiger partial charge in [-0.25, -0.2) is 4.39 Å². The first-order valence-electron chi connectivity index (χ1n) is 10.7. The Morgan fingerprint density at radius 2 is 1.81 bits per heavy atom. The highest BCUT2D eigenvalue weighted by atomic mass is 19.1. The molecule has 3 N–H and O–H groups in total. The normalized spacial score (nSPS) is 15.3. The van der Waals surface area contributed by atoms with Crippen LogP contribution in [0.15, 0.2) is 48.5 Å². The van der Waals surface area contributed by atoms with E-state index in [-0.39, 0.29) is 23.7 Å². The molecular formula is C25H29FN2O4. The molecule has 0 aliphatic heterocycles. The summed E-state index contributed by atoms with van der Waals surface area (Å²) < 4.78 is 24.0. The molecule has 0 atom stereocenters. The van der Waals surface area contributed by atoms with Crippen molar-refractivity contribution in [3.63, 3.8) is 0 Å². The minimum Gasteiger partial charge on any atom is -0.493 e. The highest BCUT2D eigenvalue weighted by Gasteiger charge is 2.34. The summed E-state index contributed by atoms with van der Waals surface area (Å²) in [5.74, 6) is -0.208. The summed E-state index contributed by atoms with van der Waals surface area (Å²) in [5, 5.41) is 3.02. The summed E-state index contributed by atoms with van der Waals surface area (Å²) in [6, 6.07) is 11.7. The van der Waals surface area contributed by atoms with Crippen molar-refractivity contribution >= 4 is 17.9 Å². The number of primary amides is 1. The number of ether oxygens (including phenoxy) is 2. The van der Waals surface area contributed by atoms with Crippen molar-refractivity contribution < 1.29 is 23.5 Å². The first-order valence-corrected chi connectivity index (χ1v) is 10.7. The van der Waals surface area contributed by atoms with E-state index < -0.39 is 5.91 Å². The fourth-order valence-electron chi connectivity index (χ4n) is 4.14. The molecule has 1 fully saturated rings. The van der Waals surface area contributed by atoms with Gasteiger partial charge in [-0.1, -0.05) is 37.5 Å². The molecule has 1 aliphatic rings.